The fourth-order valence-electron chi connectivity index (χ4n) is 2.05. The summed E-state index contributed by atoms with van der Waals surface area (Å²) in [6.07, 6.45) is 5.05. The van der Waals surface area contributed by atoms with Gasteiger partial charge < -0.3 is 14.3 Å². The minimum Gasteiger partial charge on any atom is -0.472 e. The van der Waals surface area contributed by atoms with Crippen LogP contribution < -0.4 is 0 Å². The summed E-state index contributed by atoms with van der Waals surface area (Å²) in [6, 6.07) is 1.83. The lowest BCUT2D eigenvalue weighted by Crippen LogP contribution is -2.35. The summed E-state index contributed by atoms with van der Waals surface area (Å²) in [5, 5.41) is 10.4. The monoisotopic (exact) mass is 196 g/mol. The molecule has 3 nitrogen and oxygen atoms in total. The molecular formula is C11H16O3. The average molecular weight is 196 g/mol. The van der Waals surface area contributed by atoms with Crippen molar-refractivity contribution >= 4 is 0 Å². The molecule has 0 aromatic carbocycles. The fraction of sp³-hybridized carbons (Fsp3) is 0.636. The summed E-state index contributed by atoms with van der Waals surface area (Å²) < 4.78 is 10.3. The second kappa shape index (κ2) is 3.75. The van der Waals surface area contributed by atoms with Gasteiger partial charge in [0, 0.05) is 18.8 Å². The van der Waals surface area contributed by atoms with Crippen molar-refractivity contribution in [1.29, 1.82) is 0 Å². The molecule has 0 aliphatic carbocycles. The van der Waals surface area contributed by atoms with Gasteiger partial charge in [0.2, 0.25) is 0 Å². The van der Waals surface area contributed by atoms with Gasteiger partial charge in [0.15, 0.2) is 0 Å². The van der Waals surface area contributed by atoms with Crippen LogP contribution in [0.2, 0.25) is 0 Å². The maximum absolute atomic E-state index is 10.4. The van der Waals surface area contributed by atoms with E-state index in [4.69, 9.17) is 9.15 Å². The summed E-state index contributed by atoms with van der Waals surface area (Å²) in [6.45, 7) is 3.35. The van der Waals surface area contributed by atoms with E-state index < -0.39 is 5.60 Å². The van der Waals surface area contributed by atoms with Crippen molar-refractivity contribution in [3.8, 4) is 0 Å². The first-order valence-corrected chi connectivity index (χ1v) is 5.04. The minimum atomic E-state index is -0.781. The van der Waals surface area contributed by atoms with Crippen LogP contribution in [0.5, 0.6) is 0 Å². The zero-order chi connectivity index (χ0) is 10.0. The molecule has 78 valence electrons. The van der Waals surface area contributed by atoms with Gasteiger partial charge in [-0.15, -0.1) is 0 Å². The summed E-state index contributed by atoms with van der Waals surface area (Å²) in [5.41, 5.74) is 0.0842. The van der Waals surface area contributed by atoms with Crippen LogP contribution in [-0.4, -0.2) is 18.3 Å². The molecule has 1 N–H and O–H groups in total. The van der Waals surface area contributed by atoms with Gasteiger partial charge in [-0.1, -0.05) is 0 Å². The van der Waals surface area contributed by atoms with E-state index >= 15 is 0 Å². The minimum absolute atomic E-state index is 0.272. The standard InChI is InChI=1S/C11H16O3/c1-11(12,10-4-7-14-8-10)9-2-5-13-6-3-9/h4,7-9,12H,2-3,5-6H2,1H3. The van der Waals surface area contributed by atoms with Crippen molar-refractivity contribution in [3.63, 3.8) is 0 Å². The van der Waals surface area contributed by atoms with Gasteiger partial charge in [-0.2, -0.15) is 0 Å². The maximum atomic E-state index is 10.4. The highest BCUT2D eigenvalue weighted by molar-refractivity contribution is 5.16. The molecule has 14 heavy (non-hydrogen) atoms. The highest BCUT2D eigenvalue weighted by atomic mass is 16.5. The third-order valence-electron chi connectivity index (χ3n) is 3.12. The molecule has 0 bridgehead atoms. The lowest BCUT2D eigenvalue weighted by atomic mass is 9.79. The second-order valence-electron chi connectivity index (χ2n) is 4.05. The van der Waals surface area contributed by atoms with Gasteiger partial charge in [0.1, 0.15) is 0 Å². The molecule has 0 amide bonds. The predicted octanol–water partition coefficient (Wildman–Crippen LogP) is 1.91. The van der Waals surface area contributed by atoms with Crippen LogP contribution in [0.4, 0.5) is 0 Å². The summed E-state index contributed by atoms with van der Waals surface area (Å²) in [5.74, 6) is 0.272. The molecule has 0 radical (unpaired) electrons. The lowest BCUT2D eigenvalue weighted by Gasteiger charge is -2.34. The van der Waals surface area contributed by atoms with E-state index in [0.29, 0.717) is 0 Å². The Bertz CT molecular complexity index is 271. The van der Waals surface area contributed by atoms with Crippen LogP contribution in [-0.2, 0) is 10.3 Å². The van der Waals surface area contributed by atoms with Crippen LogP contribution in [0.15, 0.2) is 23.0 Å². The van der Waals surface area contributed by atoms with Crippen molar-refractivity contribution in [2.45, 2.75) is 25.4 Å². The van der Waals surface area contributed by atoms with Crippen LogP contribution in [0.25, 0.3) is 0 Å². The topological polar surface area (TPSA) is 42.6 Å². The summed E-state index contributed by atoms with van der Waals surface area (Å²) >= 11 is 0. The Kier molecular flexibility index (Phi) is 2.61. The highest BCUT2D eigenvalue weighted by Gasteiger charge is 2.35. The van der Waals surface area contributed by atoms with E-state index in [-0.39, 0.29) is 5.92 Å². The Labute approximate surface area is 83.7 Å². The first kappa shape index (κ1) is 9.74. The number of hydrogen-bond donors (Lipinski definition) is 1. The van der Waals surface area contributed by atoms with Gasteiger partial charge in [0.25, 0.3) is 0 Å². The number of aliphatic hydroxyl groups is 1. The van der Waals surface area contributed by atoms with Gasteiger partial charge in [-0.05, 0) is 31.7 Å². The Morgan fingerprint density at radius 3 is 2.71 bits per heavy atom. The Hall–Kier alpha value is -0.800. The smallest absolute Gasteiger partial charge is 0.0963 e. The summed E-state index contributed by atoms with van der Waals surface area (Å²) in [7, 11) is 0. The van der Waals surface area contributed by atoms with Crippen LogP contribution in [0.1, 0.15) is 25.3 Å². The summed E-state index contributed by atoms with van der Waals surface area (Å²) in [4.78, 5) is 0. The maximum Gasteiger partial charge on any atom is 0.0963 e. The van der Waals surface area contributed by atoms with Crippen molar-refractivity contribution in [2.24, 2.45) is 5.92 Å². The van der Waals surface area contributed by atoms with Crippen LogP contribution in [0, 0.1) is 5.92 Å². The number of rotatable bonds is 2. The molecule has 2 heterocycles. The third-order valence-corrected chi connectivity index (χ3v) is 3.12. The molecule has 0 spiro atoms. The third kappa shape index (κ3) is 1.70. The molecule has 1 unspecified atom stereocenters. The molecule has 1 aromatic heterocycles. The zero-order valence-corrected chi connectivity index (χ0v) is 8.40. The molecule has 3 heteroatoms. The van der Waals surface area contributed by atoms with E-state index in [1.807, 2.05) is 13.0 Å². The van der Waals surface area contributed by atoms with Gasteiger partial charge in [0.05, 0.1) is 18.1 Å². The van der Waals surface area contributed by atoms with E-state index in [0.717, 1.165) is 31.6 Å². The molecule has 1 saturated heterocycles. The van der Waals surface area contributed by atoms with Crippen molar-refractivity contribution in [3.05, 3.63) is 24.2 Å². The normalized spacial score (nSPS) is 23.3. The average Bonchev–Trinajstić information content (AvgIpc) is 2.72. The molecule has 1 atom stereocenters. The Morgan fingerprint density at radius 1 is 1.43 bits per heavy atom. The Balaban J connectivity index is 2.14. The van der Waals surface area contributed by atoms with Crippen molar-refractivity contribution in [1.82, 2.24) is 0 Å². The van der Waals surface area contributed by atoms with Crippen molar-refractivity contribution < 1.29 is 14.3 Å². The Morgan fingerprint density at radius 2 is 2.14 bits per heavy atom. The molecule has 0 saturated carbocycles. The van der Waals surface area contributed by atoms with E-state index in [2.05, 4.69) is 0 Å². The van der Waals surface area contributed by atoms with Crippen LogP contribution in [0.3, 0.4) is 0 Å². The number of furan rings is 1. The highest BCUT2D eigenvalue weighted by Crippen LogP contribution is 2.35. The number of ether oxygens (including phenoxy) is 1. The zero-order valence-electron chi connectivity index (χ0n) is 8.40. The van der Waals surface area contributed by atoms with Gasteiger partial charge in [-0.25, -0.2) is 0 Å². The predicted molar refractivity (Wildman–Crippen MR) is 51.8 cm³/mol. The van der Waals surface area contributed by atoms with E-state index in [9.17, 15) is 5.11 Å². The quantitative estimate of drug-likeness (QED) is 0.785. The van der Waals surface area contributed by atoms with E-state index in [1.54, 1.807) is 12.5 Å². The van der Waals surface area contributed by atoms with Crippen molar-refractivity contribution in [2.75, 3.05) is 13.2 Å². The molecule has 1 fully saturated rings. The molecule has 1 aliphatic heterocycles. The largest absolute Gasteiger partial charge is 0.472 e. The SMILES string of the molecule is CC(O)(c1ccoc1)C1CCOCC1. The van der Waals surface area contributed by atoms with E-state index in [1.165, 1.54) is 0 Å². The molecular weight excluding hydrogens is 180 g/mol. The number of hydrogen-bond acceptors (Lipinski definition) is 3. The van der Waals surface area contributed by atoms with Gasteiger partial charge >= 0.3 is 0 Å². The second-order valence-corrected chi connectivity index (χ2v) is 4.05. The first-order valence-electron chi connectivity index (χ1n) is 5.04. The van der Waals surface area contributed by atoms with Gasteiger partial charge in [-0.3, -0.25) is 0 Å². The molecule has 1 aromatic rings. The van der Waals surface area contributed by atoms with Crippen LogP contribution >= 0.6 is 0 Å². The fourth-order valence-corrected chi connectivity index (χ4v) is 2.05. The lowest BCUT2D eigenvalue weighted by molar-refractivity contribution is -0.0582. The molecule has 1 aliphatic rings. The molecule has 2 rings (SSSR count). The first-order chi connectivity index (χ1) is 6.71.